The van der Waals surface area contributed by atoms with Crippen LogP contribution in [0.4, 0.5) is 0 Å². The average Bonchev–Trinajstić information content (AvgIpc) is 3.56. The summed E-state index contributed by atoms with van der Waals surface area (Å²) < 4.78 is 15.9. The van der Waals surface area contributed by atoms with Crippen LogP contribution in [0.15, 0.2) is 6.07 Å². The highest BCUT2D eigenvalue weighted by Crippen LogP contribution is 2.55. The Bertz CT molecular complexity index is 1090. The predicted octanol–water partition coefficient (Wildman–Crippen LogP) is 7.20. The Morgan fingerprint density at radius 1 is 0.925 bits per heavy atom. The highest BCUT2D eigenvalue weighted by Gasteiger charge is 2.55. The third-order valence-electron chi connectivity index (χ3n) is 8.53. The second-order valence-corrected chi connectivity index (χ2v) is 11.6. The fourth-order valence-corrected chi connectivity index (χ4v) is 7.25. The molecule has 40 heavy (non-hydrogen) atoms. The number of esters is 3. The van der Waals surface area contributed by atoms with E-state index in [9.17, 15) is 19.2 Å². The van der Waals surface area contributed by atoms with Gasteiger partial charge in [-0.15, -0.1) is 0 Å². The Balaban J connectivity index is 2.18. The molecule has 1 aromatic rings. The van der Waals surface area contributed by atoms with Crippen molar-refractivity contribution in [3.63, 3.8) is 0 Å². The molecular formula is C31H42Cl2O7. The number of carbonyl (C=O) groups excluding carboxylic acids is 4. The van der Waals surface area contributed by atoms with Gasteiger partial charge >= 0.3 is 17.9 Å². The molecule has 0 amide bonds. The molecule has 1 unspecified atom stereocenters. The monoisotopic (exact) mass is 596 g/mol. The Morgan fingerprint density at radius 2 is 1.52 bits per heavy atom. The van der Waals surface area contributed by atoms with Gasteiger partial charge in [-0.1, -0.05) is 61.9 Å². The minimum atomic E-state index is -1.96. The number of hydrogen-bond donors (Lipinski definition) is 0. The smallest absolute Gasteiger partial charge is 0.328 e. The molecule has 0 radical (unpaired) electrons. The first-order valence-corrected chi connectivity index (χ1v) is 15.5. The van der Waals surface area contributed by atoms with E-state index in [4.69, 9.17) is 37.4 Å². The molecule has 3 rings (SSSR count). The van der Waals surface area contributed by atoms with Gasteiger partial charge in [0.25, 0.3) is 0 Å². The van der Waals surface area contributed by atoms with Gasteiger partial charge < -0.3 is 14.2 Å². The number of halogens is 2. The van der Waals surface area contributed by atoms with E-state index in [1.165, 1.54) is 0 Å². The summed E-state index contributed by atoms with van der Waals surface area (Å²) >= 11 is 13.7. The van der Waals surface area contributed by atoms with E-state index in [-0.39, 0.29) is 66.4 Å². The van der Waals surface area contributed by atoms with Gasteiger partial charge in [0, 0.05) is 23.0 Å². The van der Waals surface area contributed by atoms with E-state index in [2.05, 4.69) is 6.92 Å². The van der Waals surface area contributed by atoms with Gasteiger partial charge in [0.05, 0.1) is 29.9 Å². The quantitative estimate of drug-likeness (QED) is 0.127. The van der Waals surface area contributed by atoms with E-state index >= 15 is 0 Å². The lowest BCUT2D eigenvalue weighted by molar-refractivity contribution is -0.166. The molecule has 0 saturated heterocycles. The van der Waals surface area contributed by atoms with Gasteiger partial charge in [-0.25, -0.2) is 0 Å². The summed E-state index contributed by atoms with van der Waals surface area (Å²) in [5, 5.41) is 0.0163. The van der Waals surface area contributed by atoms with Gasteiger partial charge in [-0.3, -0.25) is 19.2 Å². The summed E-state index contributed by atoms with van der Waals surface area (Å²) in [4.78, 5) is 53.6. The molecule has 0 aliphatic heterocycles. The fourth-order valence-electron chi connectivity index (χ4n) is 6.63. The normalized spacial score (nSPS) is 19.0. The van der Waals surface area contributed by atoms with Gasteiger partial charge in [-0.2, -0.15) is 0 Å². The predicted molar refractivity (Wildman–Crippen MR) is 154 cm³/mol. The van der Waals surface area contributed by atoms with Crippen molar-refractivity contribution in [1.29, 1.82) is 0 Å². The van der Waals surface area contributed by atoms with Gasteiger partial charge in [0.1, 0.15) is 0 Å². The van der Waals surface area contributed by atoms with Crippen molar-refractivity contribution in [3.05, 3.63) is 32.8 Å². The number of fused-ring (bicyclic) bond motifs is 1. The molecular weight excluding hydrogens is 555 g/mol. The molecule has 2 aliphatic carbocycles. The lowest BCUT2D eigenvalue weighted by atomic mass is 9.68. The van der Waals surface area contributed by atoms with Crippen molar-refractivity contribution in [3.8, 4) is 0 Å². The summed E-state index contributed by atoms with van der Waals surface area (Å²) in [6.45, 7) is 7.38. The third-order valence-corrected chi connectivity index (χ3v) is 9.40. The van der Waals surface area contributed by atoms with Crippen molar-refractivity contribution in [2.24, 2.45) is 11.3 Å². The fraction of sp³-hybridized carbons (Fsp3) is 0.677. The summed E-state index contributed by atoms with van der Waals surface area (Å²) in [6.07, 6.45) is 7.32. The lowest BCUT2D eigenvalue weighted by Crippen LogP contribution is -2.47. The van der Waals surface area contributed by atoms with Crippen LogP contribution in [0.5, 0.6) is 0 Å². The lowest BCUT2D eigenvalue weighted by Gasteiger charge is -2.34. The van der Waals surface area contributed by atoms with Crippen LogP contribution in [0.2, 0.25) is 10.0 Å². The second kappa shape index (κ2) is 14.2. The number of carbonyl (C=O) groups is 4. The molecule has 0 bridgehead atoms. The molecule has 2 aliphatic rings. The number of ether oxygens (including phenoxy) is 3. The zero-order valence-corrected chi connectivity index (χ0v) is 25.7. The van der Waals surface area contributed by atoms with E-state index in [0.29, 0.717) is 17.5 Å². The molecule has 1 aromatic carbocycles. The largest absolute Gasteiger partial charge is 0.466 e. The number of hydrogen-bond acceptors (Lipinski definition) is 7. The molecule has 1 saturated carbocycles. The molecule has 222 valence electrons. The molecule has 0 heterocycles. The van der Waals surface area contributed by atoms with Crippen LogP contribution in [-0.2, 0) is 40.4 Å². The first-order valence-electron chi connectivity index (χ1n) is 14.7. The van der Waals surface area contributed by atoms with Gasteiger partial charge in [-0.05, 0) is 70.8 Å². The van der Waals surface area contributed by atoms with Crippen molar-refractivity contribution >= 4 is 46.9 Å². The Morgan fingerprint density at radius 3 is 2.08 bits per heavy atom. The topological polar surface area (TPSA) is 96.0 Å². The molecule has 1 fully saturated rings. The maximum Gasteiger partial charge on any atom is 0.328 e. The molecule has 0 spiro atoms. The zero-order chi connectivity index (χ0) is 29.5. The van der Waals surface area contributed by atoms with Crippen molar-refractivity contribution in [1.82, 2.24) is 0 Å². The van der Waals surface area contributed by atoms with E-state index in [1.807, 2.05) is 0 Å². The Kier molecular flexibility index (Phi) is 11.5. The third kappa shape index (κ3) is 6.06. The van der Waals surface area contributed by atoms with Crippen LogP contribution in [0.3, 0.4) is 0 Å². The summed E-state index contributed by atoms with van der Waals surface area (Å²) in [7, 11) is 0. The average molecular weight is 598 g/mol. The van der Waals surface area contributed by atoms with E-state index in [0.717, 1.165) is 44.9 Å². The molecule has 7 nitrogen and oxygen atoms in total. The van der Waals surface area contributed by atoms with Crippen molar-refractivity contribution in [2.45, 2.75) is 104 Å². The minimum Gasteiger partial charge on any atom is -0.466 e. The first-order chi connectivity index (χ1) is 19.1. The summed E-state index contributed by atoms with van der Waals surface area (Å²) in [5.41, 5.74) is -1.28. The van der Waals surface area contributed by atoms with Crippen molar-refractivity contribution < 1.29 is 33.4 Å². The summed E-state index contributed by atoms with van der Waals surface area (Å²) in [6, 6.07) is 1.70. The molecule has 0 N–H and O–H groups in total. The highest BCUT2D eigenvalue weighted by atomic mass is 35.5. The van der Waals surface area contributed by atoms with Crippen LogP contribution in [-0.4, -0.2) is 43.5 Å². The first kappa shape index (κ1) is 32.4. The Hall–Kier alpha value is -2.12. The number of ketones is 1. The van der Waals surface area contributed by atoms with E-state index in [1.54, 1.807) is 26.8 Å². The molecule has 9 heteroatoms. The van der Waals surface area contributed by atoms with Crippen LogP contribution < -0.4 is 0 Å². The maximum absolute atomic E-state index is 14.1. The van der Waals surface area contributed by atoms with Gasteiger partial charge in [0.15, 0.2) is 11.2 Å². The standard InChI is InChI=1S/C31H42Cl2O7/c1-5-9-16-30(21-13-10-11-14-21)19-20-18-22(25(32)26(33)24(20)27(30)35)31(28(36)39-7-3,29(37)40-8-4)17-12-15-23(34)38-6-2/h18,21H,5-17,19H2,1-4H3. The van der Waals surface area contributed by atoms with E-state index < -0.39 is 28.7 Å². The highest BCUT2D eigenvalue weighted by molar-refractivity contribution is 6.45. The second-order valence-electron chi connectivity index (χ2n) is 10.8. The Labute approximate surface area is 247 Å². The van der Waals surface area contributed by atoms with Crippen LogP contribution in [0.1, 0.15) is 113 Å². The molecule has 1 atom stereocenters. The number of unbranched alkanes of at least 4 members (excludes halogenated alkanes) is 1. The van der Waals surface area contributed by atoms with Crippen LogP contribution in [0.25, 0.3) is 0 Å². The van der Waals surface area contributed by atoms with Crippen molar-refractivity contribution in [2.75, 3.05) is 19.8 Å². The molecule has 0 aromatic heterocycles. The number of Topliss-reactive ketones (excluding diaryl/α,β-unsaturated/α-hetero) is 1. The van der Waals surface area contributed by atoms with Gasteiger partial charge in [0.2, 0.25) is 0 Å². The number of benzene rings is 1. The van der Waals surface area contributed by atoms with Crippen LogP contribution >= 0.6 is 23.2 Å². The summed E-state index contributed by atoms with van der Waals surface area (Å²) in [5.74, 6) is -1.83. The van der Waals surface area contributed by atoms with Crippen LogP contribution in [0, 0.1) is 11.3 Å². The zero-order valence-electron chi connectivity index (χ0n) is 24.2. The number of rotatable bonds is 14. The SMILES string of the molecule is CCCCC1(C2CCCC2)Cc2cc(C(CCCC(=O)OCC)(C(=O)OCC)C(=O)OCC)c(Cl)c(Cl)c2C1=O. The maximum atomic E-state index is 14.1. The minimum absolute atomic E-state index is 0.00894.